The van der Waals surface area contributed by atoms with Gasteiger partial charge in [0.05, 0.1) is 25.4 Å². The van der Waals surface area contributed by atoms with Crippen LogP contribution in [0.4, 0.5) is 0 Å². The Balaban J connectivity index is 1.62. The summed E-state index contributed by atoms with van der Waals surface area (Å²) in [4.78, 5) is 57.4. The molecular weight excluding hydrogens is 514 g/mol. The number of hydrazone groups is 1. The molecule has 0 unspecified atom stereocenters. The van der Waals surface area contributed by atoms with Gasteiger partial charge in [-0.3, -0.25) is 14.4 Å². The van der Waals surface area contributed by atoms with Gasteiger partial charge >= 0.3 is 11.9 Å². The number of fused-ring (bicyclic) bond motifs is 4. The van der Waals surface area contributed by atoms with E-state index in [0.29, 0.717) is 5.56 Å². The number of para-hydroxylation sites is 1. The summed E-state index contributed by atoms with van der Waals surface area (Å²) >= 11 is 0. The topological polar surface area (TPSA) is 115 Å². The fraction of sp³-hybridized carbons (Fsp3) is 0.367. The molecule has 1 amide bonds. The van der Waals surface area contributed by atoms with Crippen molar-refractivity contribution in [2.24, 2.45) is 10.5 Å². The van der Waals surface area contributed by atoms with Crippen molar-refractivity contribution in [1.82, 2.24) is 9.91 Å². The molecular formula is C30H29N3O7. The molecule has 4 aliphatic rings. The lowest BCUT2D eigenvalue weighted by molar-refractivity contribution is -0.165. The molecule has 1 fully saturated rings. The first-order valence-corrected chi connectivity index (χ1v) is 13.4. The lowest BCUT2D eigenvalue weighted by Gasteiger charge is -2.48. The zero-order chi connectivity index (χ0) is 28.0. The van der Waals surface area contributed by atoms with Crippen LogP contribution in [0.2, 0.25) is 0 Å². The van der Waals surface area contributed by atoms with Crippen molar-refractivity contribution in [3.63, 3.8) is 0 Å². The van der Waals surface area contributed by atoms with Gasteiger partial charge in [0.25, 0.3) is 5.91 Å². The summed E-state index contributed by atoms with van der Waals surface area (Å²) in [5.41, 5.74) is -1.20. The van der Waals surface area contributed by atoms with Crippen molar-refractivity contribution in [2.45, 2.75) is 50.3 Å². The number of ketones is 1. The number of nitrogens with zero attached hydrogens (tertiary/aromatic N) is 3. The average Bonchev–Trinajstić information content (AvgIpc) is 3.38. The molecule has 0 radical (unpaired) electrons. The summed E-state index contributed by atoms with van der Waals surface area (Å²) in [6.07, 6.45) is 4.93. The number of rotatable bonds is 4. The number of hydrogen-bond acceptors (Lipinski definition) is 9. The van der Waals surface area contributed by atoms with Crippen LogP contribution >= 0.6 is 0 Å². The van der Waals surface area contributed by atoms with E-state index in [-0.39, 0.29) is 34.5 Å². The second-order valence-corrected chi connectivity index (χ2v) is 10.3. The predicted octanol–water partition coefficient (Wildman–Crippen LogP) is 3.33. The summed E-state index contributed by atoms with van der Waals surface area (Å²) in [5.74, 6) is -2.27. The standard InChI is InChI=1S/C30H29N3O7/c1-38-27(36)24-30(29(37)39-2)25-21(23(34)20-15-9-10-16-22(20)40-25)17-32(19-13-7-4-8-14-19)28(30)31-33(24)26(35)18-11-5-3-6-12-18/h3,5-6,9-12,15-17,19,24-25H,4,7-8,13-14H2,1-2H3/t24-,25+,30+/m1/s1. The van der Waals surface area contributed by atoms with Crippen LogP contribution in [0.15, 0.2) is 71.5 Å². The number of amidine groups is 1. The van der Waals surface area contributed by atoms with E-state index < -0.39 is 35.4 Å². The molecule has 10 heteroatoms. The van der Waals surface area contributed by atoms with Gasteiger partial charge in [-0.05, 0) is 37.1 Å². The van der Waals surface area contributed by atoms with Crippen molar-refractivity contribution in [1.29, 1.82) is 0 Å². The van der Waals surface area contributed by atoms with E-state index in [1.807, 2.05) is 0 Å². The Bertz CT molecular complexity index is 1450. The fourth-order valence-electron chi connectivity index (χ4n) is 6.37. The summed E-state index contributed by atoms with van der Waals surface area (Å²) in [6.45, 7) is 0. The van der Waals surface area contributed by atoms with Crippen LogP contribution in [0.5, 0.6) is 5.75 Å². The first-order chi connectivity index (χ1) is 19.4. The van der Waals surface area contributed by atoms with E-state index in [1.165, 1.54) is 14.2 Å². The Morgan fingerprint density at radius 1 is 0.950 bits per heavy atom. The molecule has 0 bridgehead atoms. The zero-order valence-corrected chi connectivity index (χ0v) is 22.2. The Morgan fingerprint density at radius 2 is 1.65 bits per heavy atom. The number of ether oxygens (including phenoxy) is 3. The number of amides is 1. The number of Topliss-reactive ketones (excluding diaryl/α,β-unsaturated/α-hetero) is 1. The second kappa shape index (κ2) is 9.93. The molecule has 1 aliphatic carbocycles. The maximum Gasteiger partial charge on any atom is 0.332 e. The summed E-state index contributed by atoms with van der Waals surface area (Å²) < 4.78 is 16.9. The van der Waals surface area contributed by atoms with E-state index in [9.17, 15) is 19.2 Å². The van der Waals surface area contributed by atoms with Crippen LogP contribution in [0.1, 0.15) is 52.8 Å². The van der Waals surface area contributed by atoms with Crippen LogP contribution in [-0.2, 0) is 19.1 Å². The van der Waals surface area contributed by atoms with Crippen molar-refractivity contribution in [3.8, 4) is 5.75 Å². The van der Waals surface area contributed by atoms with Crippen LogP contribution in [0.3, 0.4) is 0 Å². The third-order valence-electron chi connectivity index (χ3n) is 8.25. The molecule has 0 aromatic heterocycles. The maximum absolute atomic E-state index is 14.1. The molecule has 10 nitrogen and oxygen atoms in total. The summed E-state index contributed by atoms with van der Waals surface area (Å²) in [6, 6.07) is 13.4. The summed E-state index contributed by atoms with van der Waals surface area (Å²) in [5, 5.41) is 5.69. The number of methoxy groups -OCH3 is 2. The van der Waals surface area contributed by atoms with Crippen LogP contribution in [-0.4, -0.2) is 71.8 Å². The number of hydrogen-bond donors (Lipinski definition) is 0. The minimum Gasteiger partial charge on any atom is -0.483 e. The normalized spacial score (nSPS) is 25.5. The van der Waals surface area contributed by atoms with Gasteiger partial charge in [0.1, 0.15) is 5.75 Å². The third kappa shape index (κ3) is 3.65. The van der Waals surface area contributed by atoms with E-state index in [4.69, 9.17) is 19.3 Å². The molecule has 3 heterocycles. The summed E-state index contributed by atoms with van der Waals surface area (Å²) in [7, 11) is 2.38. The Hall–Kier alpha value is -4.47. The molecule has 6 rings (SSSR count). The largest absolute Gasteiger partial charge is 0.483 e. The number of carbonyl (C=O) groups excluding carboxylic acids is 4. The van der Waals surface area contributed by atoms with Gasteiger partial charge < -0.3 is 19.1 Å². The highest BCUT2D eigenvalue weighted by Crippen LogP contribution is 2.51. The second-order valence-electron chi connectivity index (χ2n) is 10.3. The van der Waals surface area contributed by atoms with E-state index in [0.717, 1.165) is 37.1 Å². The Morgan fingerprint density at radius 3 is 2.35 bits per heavy atom. The number of carbonyl (C=O) groups is 4. The van der Waals surface area contributed by atoms with Crippen LogP contribution in [0.25, 0.3) is 0 Å². The molecule has 2 aromatic carbocycles. The molecule has 0 saturated heterocycles. The highest BCUT2D eigenvalue weighted by Gasteiger charge is 2.72. The van der Waals surface area contributed by atoms with E-state index in [2.05, 4.69) is 0 Å². The molecule has 3 atom stereocenters. The third-order valence-corrected chi connectivity index (χ3v) is 8.25. The lowest BCUT2D eigenvalue weighted by atomic mass is 9.67. The minimum atomic E-state index is -2.00. The lowest BCUT2D eigenvalue weighted by Crippen LogP contribution is -2.68. The SMILES string of the molecule is COC(=O)[C@H]1N(C(=O)c2ccccc2)N=C2N(C3CCCCC3)C=C3C(=O)c4ccccc4O[C@@H]3[C@]21C(=O)OC. The van der Waals surface area contributed by atoms with Crippen molar-refractivity contribution in [2.75, 3.05) is 14.2 Å². The molecule has 40 heavy (non-hydrogen) atoms. The van der Waals surface area contributed by atoms with Crippen molar-refractivity contribution < 1.29 is 33.4 Å². The molecule has 2 aromatic rings. The number of benzene rings is 2. The van der Waals surface area contributed by atoms with Gasteiger partial charge in [0, 0.05) is 17.8 Å². The van der Waals surface area contributed by atoms with Gasteiger partial charge in [-0.15, -0.1) is 0 Å². The molecule has 0 N–H and O–H groups in total. The molecule has 1 saturated carbocycles. The van der Waals surface area contributed by atoms with Gasteiger partial charge in [-0.2, -0.15) is 5.10 Å². The monoisotopic (exact) mass is 543 g/mol. The Labute approximate surface area is 231 Å². The quantitative estimate of drug-likeness (QED) is 0.540. The molecule has 3 aliphatic heterocycles. The maximum atomic E-state index is 14.1. The first-order valence-electron chi connectivity index (χ1n) is 13.4. The highest BCUT2D eigenvalue weighted by molar-refractivity contribution is 6.20. The fourth-order valence-corrected chi connectivity index (χ4v) is 6.37. The smallest absolute Gasteiger partial charge is 0.332 e. The van der Waals surface area contributed by atoms with Gasteiger partial charge in [-0.1, -0.05) is 49.6 Å². The van der Waals surface area contributed by atoms with E-state index in [1.54, 1.807) is 65.7 Å². The minimum absolute atomic E-state index is 0.111. The van der Waals surface area contributed by atoms with Crippen molar-refractivity contribution >= 4 is 29.5 Å². The first kappa shape index (κ1) is 25.8. The van der Waals surface area contributed by atoms with E-state index >= 15 is 0 Å². The van der Waals surface area contributed by atoms with Crippen molar-refractivity contribution in [3.05, 3.63) is 77.5 Å². The molecule has 0 spiro atoms. The number of esters is 2. The Kier molecular flexibility index (Phi) is 6.40. The highest BCUT2D eigenvalue weighted by atomic mass is 16.5. The van der Waals surface area contributed by atoms with Gasteiger partial charge in [0.15, 0.2) is 23.8 Å². The van der Waals surface area contributed by atoms with Crippen LogP contribution in [0, 0.1) is 5.41 Å². The predicted molar refractivity (Wildman–Crippen MR) is 142 cm³/mol. The van der Waals surface area contributed by atoms with Crippen LogP contribution < -0.4 is 4.74 Å². The average molecular weight is 544 g/mol. The van der Waals surface area contributed by atoms with Gasteiger partial charge in [0.2, 0.25) is 5.41 Å². The van der Waals surface area contributed by atoms with Gasteiger partial charge in [-0.25, -0.2) is 9.80 Å². The molecule has 206 valence electrons. The zero-order valence-electron chi connectivity index (χ0n) is 22.2.